The van der Waals surface area contributed by atoms with Crippen LogP contribution in [-0.2, 0) is 5.41 Å². The molecule has 9 aromatic rings. The van der Waals surface area contributed by atoms with Crippen LogP contribution in [0.15, 0.2) is 156 Å². The highest BCUT2D eigenvalue weighted by molar-refractivity contribution is 6.16. The lowest BCUT2D eigenvalue weighted by Gasteiger charge is -2.21. The molecule has 0 saturated heterocycles. The average molecular weight is 642 g/mol. The van der Waals surface area contributed by atoms with Crippen molar-refractivity contribution in [3.63, 3.8) is 0 Å². The van der Waals surface area contributed by atoms with Gasteiger partial charge >= 0.3 is 0 Å². The maximum absolute atomic E-state index is 6.34. The molecule has 3 heterocycles. The maximum atomic E-state index is 6.34. The number of rotatable bonds is 4. The molecule has 236 valence electrons. The van der Waals surface area contributed by atoms with Gasteiger partial charge in [0.15, 0.2) is 11.4 Å². The van der Waals surface area contributed by atoms with Gasteiger partial charge in [-0.1, -0.05) is 135 Å². The van der Waals surface area contributed by atoms with E-state index in [0.29, 0.717) is 5.82 Å². The Morgan fingerprint density at radius 3 is 1.98 bits per heavy atom. The lowest BCUT2D eigenvalue weighted by molar-refractivity contribution is 0.660. The molecular weight excluding hydrogens is 611 g/mol. The molecule has 0 atom stereocenters. The third-order valence-corrected chi connectivity index (χ3v) is 10.3. The molecule has 0 radical (unpaired) electrons. The van der Waals surface area contributed by atoms with Crippen molar-refractivity contribution in [2.24, 2.45) is 0 Å². The summed E-state index contributed by atoms with van der Waals surface area (Å²) in [4.78, 5) is 15.7. The van der Waals surface area contributed by atoms with Crippen molar-refractivity contribution in [3.8, 4) is 56.3 Å². The minimum atomic E-state index is -0.118. The molecular formula is C46H31N3O. The van der Waals surface area contributed by atoms with Crippen LogP contribution >= 0.6 is 0 Å². The van der Waals surface area contributed by atoms with Crippen LogP contribution < -0.4 is 0 Å². The minimum absolute atomic E-state index is 0.118. The van der Waals surface area contributed by atoms with E-state index in [0.717, 1.165) is 72.2 Å². The van der Waals surface area contributed by atoms with E-state index in [4.69, 9.17) is 19.4 Å². The first-order valence-corrected chi connectivity index (χ1v) is 17.0. The third-order valence-electron chi connectivity index (χ3n) is 10.3. The summed E-state index contributed by atoms with van der Waals surface area (Å²) >= 11 is 0. The molecule has 0 saturated carbocycles. The van der Waals surface area contributed by atoms with Gasteiger partial charge in [-0.25, -0.2) is 15.0 Å². The molecule has 3 aromatic heterocycles. The number of furan rings is 1. The first-order chi connectivity index (χ1) is 24.5. The van der Waals surface area contributed by atoms with Gasteiger partial charge in [-0.3, -0.25) is 0 Å². The number of aromatic nitrogens is 3. The predicted molar refractivity (Wildman–Crippen MR) is 204 cm³/mol. The van der Waals surface area contributed by atoms with E-state index in [1.807, 2.05) is 24.3 Å². The highest BCUT2D eigenvalue weighted by Gasteiger charge is 2.35. The van der Waals surface area contributed by atoms with Gasteiger partial charge in [-0.15, -0.1) is 0 Å². The summed E-state index contributed by atoms with van der Waals surface area (Å²) in [6.07, 6.45) is 0. The molecule has 0 unspecified atom stereocenters. The second-order valence-electron chi connectivity index (χ2n) is 13.6. The summed E-state index contributed by atoms with van der Waals surface area (Å²) in [5, 5.41) is 3.11. The minimum Gasteiger partial charge on any atom is -0.454 e. The van der Waals surface area contributed by atoms with Crippen LogP contribution in [0.5, 0.6) is 0 Å². The maximum Gasteiger partial charge on any atom is 0.161 e. The number of nitrogens with zero attached hydrogens (tertiary/aromatic N) is 3. The fourth-order valence-corrected chi connectivity index (χ4v) is 7.76. The van der Waals surface area contributed by atoms with E-state index in [2.05, 4.69) is 141 Å². The Hall–Kier alpha value is -6.39. The summed E-state index contributed by atoms with van der Waals surface area (Å²) in [6, 6.07) is 52.9. The normalized spacial score (nSPS) is 13.2. The molecule has 0 fully saturated rings. The van der Waals surface area contributed by atoms with Gasteiger partial charge in [0.05, 0.1) is 17.1 Å². The highest BCUT2D eigenvalue weighted by atomic mass is 16.3. The third kappa shape index (κ3) is 4.35. The molecule has 1 aliphatic carbocycles. The van der Waals surface area contributed by atoms with Crippen molar-refractivity contribution in [2.45, 2.75) is 19.3 Å². The van der Waals surface area contributed by atoms with Gasteiger partial charge in [0.25, 0.3) is 0 Å². The van der Waals surface area contributed by atoms with Crippen molar-refractivity contribution in [1.29, 1.82) is 0 Å². The Morgan fingerprint density at radius 1 is 0.460 bits per heavy atom. The van der Waals surface area contributed by atoms with Crippen molar-refractivity contribution in [3.05, 3.63) is 163 Å². The van der Waals surface area contributed by atoms with Crippen LogP contribution in [0.3, 0.4) is 0 Å². The second-order valence-corrected chi connectivity index (χ2v) is 13.6. The van der Waals surface area contributed by atoms with Crippen LogP contribution in [-0.4, -0.2) is 15.0 Å². The number of pyridine rings is 1. The number of benzene rings is 6. The molecule has 0 amide bonds. The Labute approximate surface area is 289 Å². The number of hydrogen-bond acceptors (Lipinski definition) is 4. The van der Waals surface area contributed by atoms with Gasteiger partial charge in [0.1, 0.15) is 11.1 Å². The average Bonchev–Trinajstić information content (AvgIpc) is 3.67. The molecule has 0 spiro atoms. The van der Waals surface area contributed by atoms with Gasteiger partial charge in [0.2, 0.25) is 0 Å². The van der Waals surface area contributed by atoms with E-state index in [1.54, 1.807) is 0 Å². The van der Waals surface area contributed by atoms with Crippen LogP contribution in [0, 0.1) is 0 Å². The zero-order valence-electron chi connectivity index (χ0n) is 27.7. The van der Waals surface area contributed by atoms with Crippen LogP contribution in [0.4, 0.5) is 0 Å². The number of fused-ring (bicyclic) bond motifs is 8. The summed E-state index contributed by atoms with van der Waals surface area (Å²) in [6.45, 7) is 4.61. The zero-order valence-corrected chi connectivity index (χ0v) is 27.7. The molecule has 0 bridgehead atoms. The van der Waals surface area contributed by atoms with E-state index in [1.165, 1.54) is 22.3 Å². The lowest BCUT2D eigenvalue weighted by Crippen LogP contribution is -2.15. The highest BCUT2D eigenvalue weighted by Crippen LogP contribution is 2.49. The van der Waals surface area contributed by atoms with Crippen LogP contribution in [0.1, 0.15) is 25.0 Å². The summed E-state index contributed by atoms with van der Waals surface area (Å²) < 4.78 is 6.34. The zero-order chi connectivity index (χ0) is 33.4. The smallest absolute Gasteiger partial charge is 0.161 e. The van der Waals surface area contributed by atoms with Crippen molar-refractivity contribution < 1.29 is 4.42 Å². The van der Waals surface area contributed by atoms with Crippen molar-refractivity contribution in [2.75, 3.05) is 0 Å². The SMILES string of the molecule is CC1(C)c2ccccc2-c2ccc(-c3nc(-c4ccccc4)cc(-c4cccc(-c5nc6c7ccccc7oc6c6ccccc56)c4)n3)cc21. The Morgan fingerprint density at radius 2 is 1.12 bits per heavy atom. The number of hydrogen-bond donors (Lipinski definition) is 0. The van der Waals surface area contributed by atoms with Gasteiger partial charge in [-0.05, 0) is 52.6 Å². The quantitative estimate of drug-likeness (QED) is 0.192. The molecule has 0 N–H and O–H groups in total. The molecule has 1 aliphatic rings. The van der Waals surface area contributed by atoms with E-state index in [-0.39, 0.29) is 5.41 Å². The Bertz CT molecular complexity index is 2790. The van der Waals surface area contributed by atoms with E-state index >= 15 is 0 Å². The molecule has 6 aromatic carbocycles. The number of para-hydroxylation sites is 1. The van der Waals surface area contributed by atoms with Crippen LogP contribution in [0.25, 0.3) is 89.1 Å². The fraction of sp³-hybridized carbons (Fsp3) is 0.0652. The molecule has 4 heteroatoms. The fourth-order valence-electron chi connectivity index (χ4n) is 7.76. The largest absolute Gasteiger partial charge is 0.454 e. The topological polar surface area (TPSA) is 51.8 Å². The Balaban J connectivity index is 1.15. The molecule has 10 rings (SSSR count). The van der Waals surface area contributed by atoms with Gasteiger partial charge in [0, 0.05) is 43.8 Å². The second kappa shape index (κ2) is 10.8. The summed E-state index contributed by atoms with van der Waals surface area (Å²) in [5.74, 6) is 0.705. The predicted octanol–water partition coefficient (Wildman–Crippen LogP) is 11.9. The van der Waals surface area contributed by atoms with Crippen molar-refractivity contribution >= 4 is 32.8 Å². The lowest BCUT2D eigenvalue weighted by atomic mass is 9.82. The van der Waals surface area contributed by atoms with E-state index < -0.39 is 0 Å². The monoisotopic (exact) mass is 641 g/mol. The van der Waals surface area contributed by atoms with Gasteiger partial charge < -0.3 is 4.42 Å². The van der Waals surface area contributed by atoms with Crippen LogP contribution in [0.2, 0.25) is 0 Å². The first-order valence-electron chi connectivity index (χ1n) is 17.0. The standard InChI is InChI=1S/C46H31N3O/c1-46(2)37-21-10-8-17-32(37)33-24-23-31(26-38(33)46)45-47-39(28-13-4-3-5-14-28)27-40(48-45)29-15-12-16-30(25-29)42-34-18-6-7-19-35(34)44-43(49-42)36-20-9-11-22-41(36)50-44/h3-27H,1-2H3. The molecule has 0 aliphatic heterocycles. The van der Waals surface area contributed by atoms with Gasteiger partial charge in [-0.2, -0.15) is 0 Å². The Kier molecular flexibility index (Phi) is 6.19. The van der Waals surface area contributed by atoms with Crippen molar-refractivity contribution in [1.82, 2.24) is 15.0 Å². The molecule has 50 heavy (non-hydrogen) atoms. The summed E-state index contributed by atoms with van der Waals surface area (Å²) in [7, 11) is 0. The first kappa shape index (κ1) is 28.6. The summed E-state index contributed by atoms with van der Waals surface area (Å²) in [5.41, 5.74) is 14.4. The molecule has 4 nitrogen and oxygen atoms in total. The van der Waals surface area contributed by atoms with E-state index in [9.17, 15) is 0 Å².